The number of allylic oxidation sites excluding steroid dienone is 2. The molecule has 2 fully saturated rings. The minimum atomic E-state index is 0.592. The van der Waals surface area contributed by atoms with Crippen LogP contribution in [-0.2, 0) is 6.54 Å². The van der Waals surface area contributed by atoms with E-state index in [1.807, 2.05) is 12.1 Å². The molecule has 1 aromatic rings. The van der Waals surface area contributed by atoms with Crippen molar-refractivity contribution in [3.8, 4) is 5.75 Å². The first-order chi connectivity index (χ1) is 11.4. The number of benzene rings is 1. The van der Waals surface area contributed by atoms with E-state index in [9.17, 15) is 0 Å². The van der Waals surface area contributed by atoms with Crippen LogP contribution >= 0.6 is 0 Å². The summed E-state index contributed by atoms with van der Waals surface area (Å²) in [5.74, 6) is 2.67. The smallest absolute Gasteiger partial charge is 0.123 e. The van der Waals surface area contributed by atoms with Gasteiger partial charge in [0.1, 0.15) is 5.75 Å². The first-order valence-corrected chi connectivity index (χ1v) is 8.81. The van der Waals surface area contributed by atoms with Crippen molar-refractivity contribution in [3.63, 3.8) is 0 Å². The minimum Gasteiger partial charge on any atom is -0.496 e. The van der Waals surface area contributed by atoms with Crippen LogP contribution in [0, 0.1) is 11.8 Å². The van der Waals surface area contributed by atoms with Crippen molar-refractivity contribution in [1.29, 1.82) is 0 Å². The van der Waals surface area contributed by atoms with Gasteiger partial charge in [-0.25, -0.2) is 0 Å². The van der Waals surface area contributed by atoms with Crippen LogP contribution in [0.4, 0.5) is 0 Å². The molecule has 4 unspecified atom stereocenters. The Morgan fingerprint density at radius 3 is 2.87 bits per heavy atom. The lowest BCUT2D eigenvalue weighted by molar-refractivity contribution is 0.167. The van der Waals surface area contributed by atoms with E-state index in [0.29, 0.717) is 12.1 Å². The molecule has 3 heteroatoms. The highest BCUT2D eigenvalue weighted by Crippen LogP contribution is 2.47. The highest BCUT2D eigenvalue weighted by atomic mass is 16.5. The van der Waals surface area contributed by atoms with Gasteiger partial charge in [-0.2, -0.15) is 0 Å². The van der Waals surface area contributed by atoms with Gasteiger partial charge < -0.3 is 15.0 Å². The number of hydrogen-bond acceptors (Lipinski definition) is 3. The molecule has 3 nitrogen and oxygen atoms in total. The van der Waals surface area contributed by atoms with Gasteiger partial charge in [0.15, 0.2) is 0 Å². The predicted octanol–water partition coefficient (Wildman–Crippen LogP) is 3.34. The molecule has 122 valence electrons. The summed E-state index contributed by atoms with van der Waals surface area (Å²) in [5.41, 5.74) is 1.26. The Morgan fingerprint density at radius 2 is 2.04 bits per heavy atom. The fourth-order valence-corrected chi connectivity index (χ4v) is 4.81. The first kappa shape index (κ1) is 14.8. The molecule has 1 aliphatic heterocycles. The molecular formula is C20H26N2O. The van der Waals surface area contributed by atoms with Crippen molar-refractivity contribution in [3.05, 3.63) is 54.3 Å². The third kappa shape index (κ3) is 2.78. The molecule has 0 spiro atoms. The molecule has 4 rings (SSSR count). The molecule has 1 N–H and O–H groups in total. The van der Waals surface area contributed by atoms with E-state index in [-0.39, 0.29) is 0 Å². The standard InChI is InChI=1S/C20H26N2O/c1-23-18-8-4-3-7-17(18)14-21-19-15-9-10-16(13-15)20(19)22-11-5-2-6-12-22/h2-8,11,15-16,19-21H,9-10,12-14H2,1H3. The Bertz CT molecular complexity index is 609. The second-order valence-electron chi connectivity index (χ2n) is 7.01. The maximum atomic E-state index is 5.49. The molecule has 1 heterocycles. The summed E-state index contributed by atoms with van der Waals surface area (Å²) in [5, 5.41) is 3.87. The van der Waals surface area contributed by atoms with E-state index in [1.165, 1.54) is 24.8 Å². The van der Waals surface area contributed by atoms with Crippen LogP contribution in [0.2, 0.25) is 0 Å². The molecule has 0 amide bonds. The lowest BCUT2D eigenvalue weighted by Gasteiger charge is -2.40. The Kier molecular flexibility index (Phi) is 4.13. The molecule has 23 heavy (non-hydrogen) atoms. The Balaban J connectivity index is 1.48. The number of nitrogens with zero attached hydrogens (tertiary/aromatic N) is 1. The Hall–Kier alpha value is -1.74. The molecule has 0 radical (unpaired) electrons. The van der Waals surface area contributed by atoms with Gasteiger partial charge in [-0.15, -0.1) is 0 Å². The van der Waals surface area contributed by atoms with Gasteiger partial charge >= 0.3 is 0 Å². The summed E-state index contributed by atoms with van der Waals surface area (Å²) >= 11 is 0. The third-order valence-corrected chi connectivity index (χ3v) is 5.82. The number of rotatable bonds is 5. The van der Waals surface area contributed by atoms with E-state index >= 15 is 0 Å². The second kappa shape index (κ2) is 6.40. The average molecular weight is 310 g/mol. The SMILES string of the molecule is COc1ccccc1CNC1C2CCC(C2)C1N1C=CC=CC1. The maximum Gasteiger partial charge on any atom is 0.123 e. The predicted molar refractivity (Wildman–Crippen MR) is 93.2 cm³/mol. The number of para-hydroxylation sites is 1. The highest BCUT2D eigenvalue weighted by molar-refractivity contribution is 5.33. The molecule has 4 atom stereocenters. The molecule has 2 aliphatic carbocycles. The fraction of sp³-hybridized carbons (Fsp3) is 0.500. The van der Waals surface area contributed by atoms with Crippen molar-refractivity contribution in [2.45, 2.75) is 37.9 Å². The van der Waals surface area contributed by atoms with Crippen LogP contribution in [0.25, 0.3) is 0 Å². The molecule has 2 saturated carbocycles. The molecule has 1 aromatic carbocycles. The summed E-state index contributed by atoms with van der Waals surface area (Å²) in [4.78, 5) is 2.55. The van der Waals surface area contributed by atoms with Gasteiger partial charge in [0.25, 0.3) is 0 Å². The topological polar surface area (TPSA) is 24.5 Å². The largest absolute Gasteiger partial charge is 0.496 e. The zero-order chi connectivity index (χ0) is 15.6. The van der Waals surface area contributed by atoms with Crippen molar-refractivity contribution >= 4 is 0 Å². The van der Waals surface area contributed by atoms with E-state index in [1.54, 1.807) is 7.11 Å². The monoisotopic (exact) mass is 310 g/mol. The normalized spacial score (nSPS) is 31.8. The van der Waals surface area contributed by atoms with Gasteiger partial charge in [0.05, 0.1) is 7.11 Å². The van der Waals surface area contributed by atoms with E-state index in [2.05, 4.69) is 46.8 Å². The summed E-state index contributed by atoms with van der Waals surface area (Å²) in [6.45, 7) is 1.94. The summed E-state index contributed by atoms with van der Waals surface area (Å²) in [6.07, 6.45) is 13.1. The lowest BCUT2D eigenvalue weighted by atomic mass is 9.88. The van der Waals surface area contributed by atoms with E-state index in [4.69, 9.17) is 4.74 Å². The molecule has 0 aromatic heterocycles. The number of nitrogens with one attached hydrogen (secondary N) is 1. The number of ether oxygens (including phenoxy) is 1. The van der Waals surface area contributed by atoms with Crippen LogP contribution in [0.3, 0.4) is 0 Å². The van der Waals surface area contributed by atoms with Crippen LogP contribution in [0.15, 0.2) is 48.7 Å². The summed E-state index contributed by atoms with van der Waals surface area (Å²) < 4.78 is 5.49. The van der Waals surface area contributed by atoms with Crippen LogP contribution in [0.5, 0.6) is 5.75 Å². The zero-order valence-electron chi connectivity index (χ0n) is 13.8. The quantitative estimate of drug-likeness (QED) is 0.903. The van der Waals surface area contributed by atoms with Gasteiger partial charge in [0, 0.05) is 30.7 Å². The second-order valence-corrected chi connectivity index (χ2v) is 7.01. The summed E-state index contributed by atoms with van der Waals surface area (Å²) in [7, 11) is 1.75. The maximum absolute atomic E-state index is 5.49. The molecule has 3 aliphatic rings. The van der Waals surface area contributed by atoms with Gasteiger partial charge in [-0.05, 0) is 49.4 Å². The number of fused-ring (bicyclic) bond motifs is 2. The van der Waals surface area contributed by atoms with Crippen LogP contribution in [-0.4, -0.2) is 30.6 Å². The zero-order valence-corrected chi connectivity index (χ0v) is 13.8. The van der Waals surface area contributed by atoms with Crippen molar-refractivity contribution < 1.29 is 4.74 Å². The van der Waals surface area contributed by atoms with Crippen LogP contribution in [0.1, 0.15) is 24.8 Å². The summed E-state index contributed by atoms with van der Waals surface area (Å²) in [6, 6.07) is 9.58. The molecule has 0 saturated heterocycles. The number of methoxy groups -OCH3 is 1. The minimum absolute atomic E-state index is 0.592. The van der Waals surface area contributed by atoms with Gasteiger partial charge in [0.2, 0.25) is 0 Å². The third-order valence-electron chi connectivity index (χ3n) is 5.82. The Labute approximate surface area is 139 Å². The Morgan fingerprint density at radius 1 is 1.17 bits per heavy atom. The molecular weight excluding hydrogens is 284 g/mol. The average Bonchev–Trinajstić information content (AvgIpc) is 3.22. The molecule has 2 bridgehead atoms. The lowest BCUT2D eigenvalue weighted by Crippen LogP contribution is -2.51. The van der Waals surface area contributed by atoms with Crippen molar-refractivity contribution in [2.75, 3.05) is 13.7 Å². The van der Waals surface area contributed by atoms with Crippen LogP contribution < -0.4 is 10.1 Å². The van der Waals surface area contributed by atoms with Crippen molar-refractivity contribution in [2.24, 2.45) is 11.8 Å². The van der Waals surface area contributed by atoms with E-state index < -0.39 is 0 Å². The van der Waals surface area contributed by atoms with Gasteiger partial charge in [-0.3, -0.25) is 0 Å². The van der Waals surface area contributed by atoms with Crippen molar-refractivity contribution in [1.82, 2.24) is 10.2 Å². The number of hydrogen-bond donors (Lipinski definition) is 1. The van der Waals surface area contributed by atoms with E-state index in [0.717, 1.165) is 30.7 Å². The first-order valence-electron chi connectivity index (χ1n) is 8.81. The highest BCUT2D eigenvalue weighted by Gasteiger charge is 2.49. The fourth-order valence-electron chi connectivity index (χ4n) is 4.81. The van der Waals surface area contributed by atoms with Gasteiger partial charge in [-0.1, -0.05) is 30.4 Å².